The van der Waals surface area contributed by atoms with Crippen LogP contribution < -0.4 is 10.9 Å². The Labute approximate surface area is 206 Å². The SMILES string of the molecule is CCOC(=O)CC(=O)NNC(=O)c1csc(C2CCN(C(=O)Cc3c[nH]c4ccccc34)CC2)n1. The third-order valence-electron chi connectivity index (χ3n) is 5.89. The smallest absolute Gasteiger partial charge is 0.315 e. The van der Waals surface area contributed by atoms with E-state index in [-0.39, 0.29) is 24.1 Å². The standard InChI is InChI=1S/C24H27N5O5S/c1-2-34-22(32)12-20(30)27-28-23(33)19-14-35-24(26-19)15-7-9-29(10-8-15)21(31)11-16-13-25-18-6-4-3-5-17(16)18/h3-6,13-15,25H,2,7-12H2,1H3,(H,27,30)(H,28,33). The highest BCUT2D eigenvalue weighted by Gasteiger charge is 2.27. The summed E-state index contributed by atoms with van der Waals surface area (Å²) in [5.41, 5.74) is 6.66. The Balaban J connectivity index is 1.25. The van der Waals surface area contributed by atoms with Crippen LogP contribution in [0.25, 0.3) is 10.9 Å². The van der Waals surface area contributed by atoms with Crippen LogP contribution in [-0.4, -0.2) is 58.3 Å². The molecule has 3 N–H and O–H groups in total. The van der Waals surface area contributed by atoms with Crippen molar-refractivity contribution < 1.29 is 23.9 Å². The fraction of sp³-hybridized carbons (Fsp3) is 0.375. The van der Waals surface area contributed by atoms with Crippen molar-refractivity contribution in [2.75, 3.05) is 19.7 Å². The molecule has 35 heavy (non-hydrogen) atoms. The molecule has 3 amide bonds. The Bertz CT molecular complexity index is 1230. The van der Waals surface area contributed by atoms with Crippen LogP contribution >= 0.6 is 11.3 Å². The van der Waals surface area contributed by atoms with E-state index < -0.39 is 24.2 Å². The average molecular weight is 498 g/mol. The summed E-state index contributed by atoms with van der Waals surface area (Å²) in [5, 5.41) is 3.54. The lowest BCUT2D eigenvalue weighted by atomic mass is 9.97. The maximum absolute atomic E-state index is 12.9. The summed E-state index contributed by atoms with van der Waals surface area (Å²) in [7, 11) is 0. The highest BCUT2D eigenvalue weighted by atomic mass is 32.1. The molecule has 0 bridgehead atoms. The van der Waals surface area contributed by atoms with Gasteiger partial charge in [0.1, 0.15) is 12.1 Å². The van der Waals surface area contributed by atoms with Gasteiger partial charge in [-0.15, -0.1) is 11.3 Å². The number of aromatic amines is 1. The van der Waals surface area contributed by atoms with Crippen molar-refractivity contribution in [3.05, 3.63) is 52.1 Å². The lowest BCUT2D eigenvalue weighted by molar-refractivity contribution is -0.146. The number of aromatic nitrogens is 2. The molecule has 1 saturated heterocycles. The highest BCUT2D eigenvalue weighted by molar-refractivity contribution is 7.09. The zero-order valence-electron chi connectivity index (χ0n) is 19.3. The molecule has 0 radical (unpaired) electrons. The van der Waals surface area contributed by atoms with Crippen LogP contribution in [0.1, 0.15) is 53.2 Å². The molecule has 3 heterocycles. The van der Waals surface area contributed by atoms with E-state index in [4.69, 9.17) is 4.74 Å². The molecule has 1 aromatic carbocycles. The molecule has 1 fully saturated rings. The number of hydrogen-bond acceptors (Lipinski definition) is 7. The Kier molecular flexibility index (Phi) is 7.76. The number of esters is 1. The van der Waals surface area contributed by atoms with E-state index in [0.717, 1.165) is 34.3 Å². The molecule has 0 aliphatic carbocycles. The lowest BCUT2D eigenvalue weighted by Crippen LogP contribution is -2.42. The number of carbonyl (C=O) groups is 4. The van der Waals surface area contributed by atoms with E-state index in [2.05, 4.69) is 20.8 Å². The fourth-order valence-electron chi connectivity index (χ4n) is 4.09. The van der Waals surface area contributed by atoms with Gasteiger partial charge in [-0.25, -0.2) is 4.98 Å². The molecule has 3 aromatic rings. The monoisotopic (exact) mass is 497 g/mol. The molecule has 11 heteroatoms. The van der Waals surface area contributed by atoms with Crippen LogP contribution in [-0.2, 0) is 25.5 Å². The van der Waals surface area contributed by atoms with Crippen LogP contribution in [0.3, 0.4) is 0 Å². The molecule has 0 spiro atoms. The number of para-hydroxylation sites is 1. The van der Waals surface area contributed by atoms with Gasteiger partial charge in [0.2, 0.25) is 11.8 Å². The number of hydrazine groups is 1. The van der Waals surface area contributed by atoms with Crippen LogP contribution in [0.4, 0.5) is 0 Å². The maximum Gasteiger partial charge on any atom is 0.315 e. The number of carbonyl (C=O) groups excluding carboxylic acids is 4. The number of amides is 3. The van der Waals surface area contributed by atoms with E-state index in [1.807, 2.05) is 35.4 Å². The van der Waals surface area contributed by atoms with Gasteiger partial charge in [-0.3, -0.25) is 30.0 Å². The van der Waals surface area contributed by atoms with Crippen LogP contribution in [0.5, 0.6) is 0 Å². The van der Waals surface area contributed by atoms with E-state index in [0.29, 0.717) is 19.5 Å². The largest absolute Gasteiger partial charge is 0.466 e. The topological polar surface area (TPSA) is 133 Å². The Hall–Kier alpha value is -3.73. The van der Waals surface area contributed by atoms with Gasteiger partial charge in [0.25, 0.3) is 5.91 Å². The van der Waals surface area contributed by atoms with E-state index >= 15 is 0 Å². The molecule has 1 aliphatic rings. The van der Waals surface area contributed by atoms with E-state index in [9.17, 15) is 19.2 Å². The number of likely N-dealkylation sites (tertiary alicyclic amines) is 1. The predicted octanol–water partition coefficient (Wildman–Crippen LogP) is 2.29. The number of ether oxygens (including phenoxy) is 1. The lowest BCUT2D eigenvalue weighted by Gasteiger charge is -2.31. The van der Waals surface area contributed by atoms with Crippen LogP contribution in [0, 0.1) is 0 Å². The fourth-order valence-corrected chi connectivity index (χ4v) is 5.06. The van der Waals surface area contributed by atoms with Crippen molar-refractivity contribution >= 4 is 45.9 Å². The van der Waals surface area contributed by atoms with Gasteiger partial charge in [0.05, 0.1) is 18.0 Å². The molecular formula is C24H27N5O5S. The number of fused-ring (bicyclic) bond motifs is 1. The number of piperidine rings is 1. The molecule has 2 aromatic heterocycles. The minimum atomic E-state index is -0.670. The number of nitrogens with zero attached hydrogens (tertiary/aromatic N) is 2. The number of benzene rings is 1. The van der Waals surface area contributed by atoms with Crippen molar-refractivity contribution in [2.24, 2.45) is 0 Å². The normalized spacial score (nSPS) is 14.0. The first-order chi connectivity index (χ1) is 16.9. The number of H-pyrrole nitrogens is 1. The van der Waals surface area contributed by atoms with Crippen molar-refractivity contribution in [1.29, 1.82) is 0 Å². The number of thiazole rings is 1. The number of rotatable bonds is 7. The molecule has 184 valence electrons. The summed E-state index contributed by atoms with van der Waals surface area (Å²) in [6.07, 6.45) is 3.32. The van der Waals surface area contributed by atoms with Gasteiger partial charge in [-0.05, 0) is 31.4 Å². The second kappa shape index (κ2) is 11.1. The second-order valence-electron chi connectivity index (χ2n) is 8.25. The molecule has 0 unspecified atom stereocenters. The first-order valence-electron chi connectivity index (χ1n) is 11.5. The summed E-state index contributed by atoms with van der Waals surface area (Å²) in [6, 6.07) is 7.94. The second-order valence-corrected chi connectivity index (χ2v) is 9.14. The van der Waals surface area contributed by atoms with Gasteiger partial charge in [0.15, 0.2) is 0 Å². The van der Waals surface area contributed by atoms with Crippen molar-refractivity contribution in [2.45, 2.75) is 38.5 Å². The maximum atomic E-state index is 12.9. The van der Waals surface area contributed by atoms with Gasteiger partial charge >= 0.3 is 5.97 Å². The molecule has 10 nitrogen and oxygen atoms in total. The molecule has 1 aliphatic heterocycles. The molecule has 4 rings (SSSR count). The Morgan fingerprint density at radius 2 is 1.94 bits per heavy atom. The zero-order chi connectivity index (χ0) is 24.8. The van der Waals surface area contributed by atoms with Gasteiger partial charge in [-0.2, -0.15) is 0 Å². The van der Waals surface area contributed by atoms with Gasteiger partial charge in [0, 0.05) is 41.5 Å². The predicted molar refractivity (Wildman–Crippen MR) is 130 cm³/mol. The first kappa shape index (κ1) is 24.4. The van der Waals surface area contributed by atoms with Crippen molar-refractivity contribution in [3.63, 3.8) is 0 Å². The van der Waals surface area contributed by atoms with Crippen LogP contribution in [0.15, 0.2) is 35.8 Å². The average Bonchev–Trinajstić information content (AvgIpc) is 3.51. The molecular weight excluding hydrogens is 470 g/mol. The first-order valence-corrected chi connectivity index (χ1v) is 12.4. The minimum absolute atomic E-state index is 0.103. The summed E-state index contributed by atoms with van der Waals surface area (Å²) in [4.78, 5) is 57.7. The summed E-state index contributed by atoms with van der Waals surface area (Å²) in [5.74, 6) is -1.63. The highest BCUT2D eigenvalue weighted by Crippen LogP contribution is 2.31. The Morgan fingerprint density at radius 1 is 1.17 bits per heavy atom. The summed E-state index contributed by atoms with van der Waals surface area (Å²) < 4.78 is 4.69. The minimum Gasteiger partial charge on any atom is -0.466 e. The number of nitrogens with one attached hydrogen (secondary N) is 3. The third kappa shape index (κ3) is 6.04. The summed E-state index contributed by atoms with van der Waals surface area (Å²) >= 11 is 1.38. The van der Waals surface area contributed by atoms with Gasteiger partial charge in [-0.1, -0.05) is 18.2 Å². The van der Waals surface area contributed by atoms with Gasteiger partial charge < -0.3 is 14.6 Å². The van der Waals surface area contributed by atoms with Crippen molar-refractivity contribution in [3.8, 4) is 0 Å². The van der Waals surface area contributed by atoms with E-state index in [1.54, 1.807) is 12.3 Å². The molecule has 0 saturated carbocycles. The quantitative estimate of drug-likeness (QED) is 0.261. The van der Waals surface area contributed by atoms with E-state index in [1.165, 1.54) is 11.3 Å². The zero-order valence-corrected chi connectivity index (χ0v) is 20.2. The van der Waals surface area contributed by atoms with Crippen molar-refractivity contribution in [1.82, 2.24) is 25.7 Å². The van der Waals surface area contributed by atoms with Crippen LogP contribution in [0.2, 0.25) is 0 Å². The Morgan fingerprint density at radius 3 is 2.71 bits per heavy atom. The number of hydrogen-bond donors (Lipinski definition) is 3. The summed E-state index contributed by atoms with van der Waals surface area (Å²) in [6.45, 7) is 3.09. The molecule has 0 atom stereocenters. The third-order valence-corrected chi connectivity index (χ3v) is 6.90.